The summed E-state index contributed by atoms with van der Waals surface area (Å²) in [6.07, 6.45) is 1.67. The van der Waals surface area contributed by atoms with Crippen molar-refractivity contribution in [2.75, 3.05) is 5.88 Å². The first-order chi connectivity index (χ1) is 7.44. The summed E-state index contributed by atoms with van der Waals surface area (Å²) in [5, 5.41) is 2.78. The number of nitrogens with zero attached hydrogens (tertiary/aromatic N) is 1. The van der Waals surface area contributed by atoms with Gasteiger partial charge in [-0.3, -0.25) is 4.79 Å². The second kappa shape index (κ2) is 5.25. The number of halogens is 2. The maximum absolute atomic E-state index is 12.6. The van der Waals surface area contributed by atoms with Crippen LogP contribution in [0.4, 0.5) is 4.39 Å². The highest BCUT2D eigenvalue weighted by Crippen LogP contribution is 2.10. The van der Waals surface area contributed by atoms with Crippen LogP contribution in [-0.4, -0.2) is 22.3 Å². The highest BCUT2D eigenvalue weighted by molar-refractivity contribution is 6.17. The van der Waals surface area contributed by atoms with Gasteiger partial charge in [-0.2, -0.15) is 0 Å². The van der Waals surface area contributed by atoms with E-state index in [2.05, 4.69) is 10.3 Å². The summed E-state index contributed by atoms with van der Waals surface area (Å²) in [6, 6.07) is 2.55. The Bertz CT molecular complexity index is 365. The van der Waals surface area contributed by atoms with Crippen molar-refractivity contribution in [2.24, 2.45) is 0 Å². The van der Waals surface area contributed by atoms with Crippen molar-refractivity contribution in [1.82, 2.24) is 10.3 Å². The number of carbonyl (C=O) groups excluding carboxylic acids is 1. The second-order valence-electron chi connectivity index (χ2n) is 4.14. The average molecular weight is 245 g/mol. The molecule has 0 radical (unpaired) electrons. The summed E-state index contributed by atoms with van der Waals surface area (Å²) in [6.45, 7) is 3.74. The molecule has 1 aromatic rings. The van der Waals surface area contributed by atoms with Crippen LogP contribution >= 0.6 is 11.6 Å². The molecule has 0 aliphatic rings. The van der Waals surface area contributed by atoms with Gasteiger partial charge < -0.3 is 5.32 Å². The molecule has 5 heteroatoms. The molecule has 0 aliphatic carbocycles. The predicted molar refractivity (Wildman–Crippen MR) is 61.1 cm³/mol. The van der Waals surface area contributed by atoms with Gasteiger partial charge in [0.05, 0.1) is 6.20 Å². The topological polar surface area (TPSA) is 42.0 Å². The molecular weight excluding hydrogens is 231 g/mol. The fraction of sp³-hybridized carbons (Fsp3) is 0.455. The SMILES string of the molecule is CC(C)(CCCl)NC(=O)c1ccc(F)cn1. The van der Waals surface area contributed by atoms with Gasteiger partial charge in [0.1, 0.15) is 11.5 Å². The Morgan fingerprint density at radius 1 is 1.56 bits per heavy atom. The fourth-order valence-corrected chi connectivity index (χ4v) is 1.65. The quantitative estimate of drug-likeness (QED) is 0.827. The van der Waals surface area contributed by atoms with E-state index in [1.165, 1.54) is 12.1 Å². The van der Waals surface area contributed by atoms with Crippen LogP contribution in [0.2, 0.25) is 0 Å². The Labute approximate surface area is 99.0 Å². The van der Waals surface area contributed by atoms with Gasteiger partial charge in [0.25, 0.3) is 5.91 Å². The summed E-state index contributed by atoms with van der Waals surface area (Å²) in [5.41, 5.74) is -0.196. The van der Waals surface area contributed by atoms with E-state index in [1.807, 2.05) is 13.8 Å². The van der Waals surface area contributed by atoms with Crippen LogP contribution in [0.3, 0.4) is 0 Å². The summed E-state index contributed by atoms with van der Waals surface area (Å²) >= 11 is 5.62. The molecule has 0 bridgehead atoms. The number of alkyl halides is 1. The van der Waals surface area contributed by atoms with E-state index >= 15 is 0 Å². The van der Waals surface area contributed by atoms with Gasteiger partial charge in [0.2, 0.25) is 0 Å². The zero-order chi connectivity index (χ0) is 12.2. The molecule has 0 aliphatic heterocycles. The van der Waals surface area contributed by atoms with Crippen molar-refractivity contribution in [1.29, 1.82) is 0 Å². The maximum atomic E-state index is 12.6. The number of nitrogens with one attached hydrogen (secondary N) is 1. The van der Waals surface area contributed by atoms with E-state index in [0.29, 0.717) is 12.3 Å². The molecule has 0 fully saturated rings. The smallest absolute Gasteiger partial charge is 0.270 e. The van der Waals surface area contributed by atoms with Crippen molar-refractivity contribution in [3.05, 3.63) is 29.8 Å². The van der Waals surface area contributed by atoms with Gasteiger partial charge >= 0.3 is 0 Å². The minimum absolute atomic E-state index is 0.198. The van der Waals surface area contributed by atoms with E-state index in [4.69, 9.17) is 11.6 Å². The number of hydrogen-bond donors (Lipinski definition) is 1. The Hall–Kier alpha value is -1.16. The molecule has 1 rings (SSSR count). The van der Waals surface area contributed by atoms with E-state index in [-0.39, 0.29) is 11.6 Å². The first-order valence-corrected chi connectivity index (χ1v) is 5.48. The lowest BCUT2D eigenvalue weighted by Gasteiger charge is -2.24. The van der Waals surface area contributed by atoms with E-state index in [0.717, 1.165) is 6.20 Å². The lowest BCUT2D eigenvalue weighted by molar-refractivity contribution is 0.0906. The number of pyridine rings is 1. The fourth-order valence-electron chi connectivity index (χ4n) is 1.18. The average Bonchev–Trinajstić information content (AvgIpc) is 2.17. The van der Waals surface area contributed by atoms with Gasteiger partial charge in [0.15, 0.2) is 0 Å². The van der Waals surface area contributed by atoms with Crippen molar-refractivity contribution < 1.29 is 9.18 Å². The van der Waals surface area contributed by atoms with Crippen molar-refractivity contribution >= 4 is 17.5 Å². The monoisotopic (exact) mass is 244 g/mol. The number of aromatic nitrogens is 1. The van der Waals surface area contributed by atoms with Gasteiger partial charge in [-0.1, -0.05) is 0 Å². The minimum Gasteiger partial charge on any atom is -0.346 e. The number of hydrogen-bond acceptors (Lipinski definition) is 2. The standard InChI is InChI=1S/C11H14ClFN2O/c1-11(2,5-6-12)15-10(16)9-4-3-8(13)7-14-9/h3-4,7H,5-6H2,1-2H3,(H,15,16). The minimum atomic E-state index is -0.462. The van der Waals surface area contributed by atoms with Crippen LogP contribution in [0.15, 0.2) is 18.3 Å². The first-order valence-electron chi connectivity index (χ1n) is 4.95. The first kappa shape index (κ1) is 12.9. The Balaban J connectivity index is 2.69. The molecular formula is C11H14ClFN2O. The molecule has 0 unspecified atom stereocenters. The Kier molecular flexibility index (Phi) is 4.24. The highest BCUT2D eigenvalue weighted by Gasteiger charge is 2.20. The van der Waals surface area contributed by atoms with E-state index in [1.54, 1.807) is 0 Å². The van der Waals surface area contributed by atoms with Crippen LogP contribution in [0, 0.1) is 5.82 Å². The molecule has 0 spiro atoms. The largest absolute Gasteiger partial charge is 0.346 e. The third kappa shape index (κ3) is 3.77. The second-order valence-corrected chi connectivity index (χ2v) is 4.52. The molecule has 1 heterocycles. The van der Waals surface area contributed by atoms with Crippen molar-refractivity contribution in [2.45, 2.75) is 25.8 Å². The molecule has 0 saturated carbocycles. The van der Waals surface area contributed by atoms with E-state index < -0.39 is 11.4 Å². The third-order valence-corrected chi connectivity index (χ3v) is 2.32. The zero-order valence-electron chi connectivity index (χ0n) is 9.26. The molecule has 0 saturated heterocycles. The predicted octanol–water partition coefficient (Wildman–Crippen LogP) is 2.36. The van der Waals surface area contributed by atoms with Gasteiger partial charge in [-0.25, -0.2) is 9.37 Å². The Morgan fingerprint density at radius 2 is 2.25 bits per heavy atom. The molecule has 3 nitrogen and oxygen atoms in total. The van der Waals surface area contributed by atoms with Crippen LogP contribution in [0.1, 0.15) is 30.8 Å². The third-order valence-electron chi connectivity index (χ3n) is 2.13. The summed E-state index contributed by atoms with van der Waals surface area (Å²) in [4.78, 5) is 15.4. The molecule has 16 heavy (non-hydrogen) atoms. The summed E-state index contributed by atoms with van der Waals surface area (Å²) in [5.74, 6) is -0.323. The van der Waals surface area contributed by atoms with Crippen molar-refractivity contribution in [3.63, 3.8) is 0 Å². The number of amides is 1. The van der Waals surface area contributed by atoms with E-state index in [9.17, 15) is 9.18 Å². The summed E-state index contributed by atoms with van der Waals surface area (Å²) < 4.78 is 12.6. The maximum Gasteiger partial charge on any atom is 0.270 e. The lowest BCUT2D eigenvalue weighted by Crippen LogP contribution is -2.44. The van der Waals surface area contributed by atoms with Gasteiger partial charge in [-0.15, -0.1) is 11.6 Å². The van der Waals surface area contributed by atoms with Crippen LogP contribution in [0.5, 0.6) is 0 Å². The van der Waals surface area contributed by atoms with Crippen LogP contribution in [-0.2, 0) is 0 Å². The van der Waals surface area contributed by atoms with Gasteiger partial charge in [-0.05, 0) is 32.4 Å². The molecule has 88 valence electrons. The highest BCUT2D eigenvalue weighted by atomic mass is 35.5. The normalized spacial score (nSPS) is 11.2. The molecule has 0 atom stereocenters. The molecule has 1 amide bonds. The van der Waals surface area contributed by atoms with Crippen LogP contribution in [0.25, 0.3) is 0 Å². The lowest BCUT2D eigenvalue weighted by atomic mass is 10.0. The molecule has 0 aromatic carbocycles. The van der Waals surface area contributed by atoms with Gasteiger partial charge in [0, 0.05) is 11.4 Å². The van der Waals surface area contributed by atoms with Crippen molar-refractivity contribution in [3.8, 4) is 0 Å². The molecule has 1 N–H and O–H groups in total. The number of rotatable bonds is 4. The Morgan fingerprint density at radius 3 is 2.75 bits per heavy atom. The zero-order valence-corrected chi connectivity index (χ0v) is 10.0. The summed E-state index contributed by atoms with van der Waals surface area (Å²) in [7, 11) is 0. The van der Waals surface area contributed by atoms with Crippen LogP contribution < -0.4 is 5.32 Å². The molecule has 1 aromatic heterocycles. The number of carbonyl (C=O) groups is 1.